The van der Waals surface area contributed by atoms with Crippen LogP contribution in [-0.2, 0) is 13.2 Å². The highest BCUT2D eigenvalue weighted by molar-refractivity contribution is 6.40. The van der Waals surface area contributed by atoms with Gasteiger partial charge >= 0.3 is 0 Å². The van der Waals surface area contributed by atoms with Crippen molar-refractivity contribution in [2.45, 2.75) is 33.4 Å². The summed E-state index contributed by atoms with van der Waals surface area (Å²) < 4.78 is 13.1. The number of carbonyl (C=O) groups excluding carboxylic acids is 1. The smallest absolute Gasteiger partial charge is 0.286 e. The fourth-order valence-electron chi connectivity index (χ4n) is 2.81. The summed E-state index contributed by atoms with van der Waals surface area (Å²) in [5.74, 6) is 0.708. The van der Waals surface area contributed by atoms with Crippen LogP contribution in [0.3, 0.4) is 0 Å². The molecule has 2 aromatic heterocycles. The Balaban J connectivity index is 1.48. The summed E-state index contributed by atoms with van der Waals surface area (Å²) in [6, 6.07) is 8.37. The van der Waals surface area contributed by atoms with E-state index in [1.165, 1.54) is 12.1 Å². The fraction of sp³-hybridized carbons (Fsp3) is 0.300. The molecule has 0 aliphatic carbocycles. The molecule has 0 bridgehead atoms. The SMILES string of the molecule is Cc1cc(C)n(CCCNC(=O)c2ccc(COc3c(Cl)cc(Cl)cc3Cl)o2)n1. The highest BCUT2D eigenvalue weighted by Crippen LogP contribution is 2.36. The summed E-state index contributed by atoms with van der Waals surface area (Å²) in [5, 5.41) is 8.25. The van der Waals surface area contributed by atoms with E-state index in [1.54, 1.807) is 12.1 Å². The zero-order chi connectivity index (χ0) is 21.0. The molecule has 3 aromatic rings. The second-order valence-corrected chi connectivity index (χ2v) is 7.76. The van der Waals surface area contributed by atoms with Gasteiger partial charge < -0.3 is 14.5 Å². The van der Waals surface area contributed by atoms with Crippen LogP contribution >= 0.6 is 34.8 Å². The third-order valence-electron chi connectivity index (χ3n) is 4.14. The number of nitrogens with one attached hydrogen (secondary N) is 1. The molecule has 0 saturated carbocycles. The Morgan fingerprint density at radius 2 is 1.90 bits per heavy atom. The number of hydrogen-bond donors (Lipinski definition) is 1. The van der Waals surface area contributed by atoms with Gasteiger partial charge in [-0.15, -0.1) is 0 Å². The monoisotopic (exact) mass is 455 g/mol. The minimum absolute atomic E-state index is 0.0757. The van der Waals surface area contributed by atoms with Crippen LogP contribution in [0.15, 0.2) is 34.7 Å². The average Bonchev–Trinajstić information content (AvgIpc) is 3.24. The van der Waals surface area contributed by atoms with E-state index in [0.29, 0.717) is 33.1 Å². The van der Waals surface area contributed by atoms with E-state index in [2.05, 4.69) is 10.4 Å². The van der Waals surface area contributed by atoms with E-state index in [-0.39, 0.29) is 18.3 Å². The molecule has 9 heteroatoms. The van der Waals surface area contributed by atoms with Crippen molar-refractivity contribution in [2.24, 2.45) is 0 Å². The summed E-state index contributed by atoms with van der Waals surface area (Å²) >= 11 is 18.1. The summed E-state index contributed by atoms with van der Waals surface area (Å²) in [5.41, 5.74) is 2.09. The standard InChI is InChI=1S/C20H20Cl3N3O3/c1-12-8-13(2)26(25-12)7-3-6-24-20(27)18-5-4-15(29-18)11-28-19-16(22)9-14(21)10-17(19)23/h4-5,8-10H,3,6-7,11H2,1-2H3,(H,24,27). The number of rotatable bonds is 8. The second kappa shape index (κ2) is 9.57. The molecule has 1 aromatic carbocycles. The Morgan fingerprint density at radius 1 is 1.17 bits per heavy atom. The number of hydrogen-bond acceptors (Lipinski definition) is 4. The number of furan rings is 1. The molecule has 1 amide bonds. The van der Waals surface area contributed by atoms with Crippen LogP contribution in [-0.4, -0.2) is 22.2 Å². The van der Waals surface area contributed by atoms with Crippen molar-refractivity contribution in [1.29, 1.82) is 0 Å². The van der Waals surface area contributed by atoms with Crippen LogP contribution in [0.1, 0.15) is 34.1 Å². The van der Waals surface area contributed by atoms with Gasteiger partial charge in [-0.3, -0.25) is 9.48 Å². The Hall–Kier alpha value is -2.15. The minimum Gasteiger partial charge on any atom is -0.483 e. The summed E-state index contributed by atoms with van der Waals surface area (Å²) in [6.07, 6.45) is 0.762. The van der Waals surface area contributed by atoms with Gasteiger partial charge in [-0.1, -0.05) is 34.8 Å². The van der Waals surface area contributed by atoms with Gasteiger partial charge in [0.2, 0.25) is 0 Å². The molecule has 0 radical (unpaired) electrons. The van der Waals surface area contributed by atoms with Crippen LogP contribution in [0.2, 0.25) is 15.1 Å². The number of aryl methyl sites for hydroxylation is 3. The number of amides is 1. The lowest BCUT2D eigenvalue weighted by Gasteiger charge is -2.09. The van der Waals surface area contributed by atoms with Gasteiger partial charge in [-0.25, -0.2) is 0 Å². The minimum atomic E-state index is -0.285. The first-order valence-corrected chi connectivity index (χ1v) is 10.1. The number of aromatic nitrogens is 2. The molecule has 154 valence electrons. The lowest BCUT2D eigenvalue weighted by Crippen LogP contribution is -2.25. The van der Waals surface area contributed by atoms with Gasteiger partial charge in [0, 0.05) is 23.8 Å². The third-order valence-corrected chi connectivity index (χ3v) is 4.92. The van der Waals surface area contributed by atoms with Crippen molar-refractivity contribution in [2.75, 3.05) is 6.54 Å². The Morgan fingerprint density at radius 3 is 2.55 bits per heavy atom. The van der Waals surface area contributed by atoms with Crippen molar-refractivity contribution >= 4 is 40.7 Å². The van der Waals surface area contributed by atoms with Gasteiger partial charge in [0.05, 0.1) is 15.7 Å². The molecule has 0 fully saturated rings. The number of nitrogens with zero attached hydrogens (tertiary/aromatic N) is 2. The third kappa shape index (κ3) is 5.69. The van der Waals surface area contributed by atoms with Gasteiger partial charge in [0.15, 0.2) is 11.5 Å². The van der Waals surface area contributed by atoms with Gasteiger partial charge in [0.1, 0.15) is 12.4 Å². The predicted molar refractivity (Wildman–Crippen MR) is 113 cm³/mol. The fourth-order valence-corrected chi connectivity index (χ4v) is 3.73. The highest BCUT2D eigenvalue weighted by Gasteiger charge is 2.13. The maximum Gasteiger partial charge on any atom is 0.286 e. The molecular formula is C20H20Cl3N3O3. The number of ether oxygens (including phenoxy) is 1. The van der Waals surface area contributed by atoms with Gasteiger partial charge in [-0.2, -0.15) is 5.10 Å². The Kier molecular flexibility index (Phi) is 7.11. The van der Waals surface area contributed by atoms with E-state index >= 15 is 0 Å². The van der Waals surface area contributed by atoms with Crippen LogP contribution in [0.5, 0.6) is 5.75 Å². The first kappa shape index (κ1) is 21.6. The topological polar surface area (TPSA) is 69.3 Å². The molecule has 0 spiro atoms. The van der Waals surface area contributed by atoms with Crippen molar-refractivity contribution in [1.82, 2.24) is 15.1 Å². The van der Waals surface area contributed by atoms with E-state index in [4.69, 9.17) is 44.0 Å². The van der Waals surface area contributed by atoms with Gasteiger partial charge in [0.25, 0.3) is 5.91 Å². The second-order valence-electron chi connectivity index (χ2n) is 6.51. The van der Waals surface area contributed by atoms with E-state index < -0.39 is 0 Å². The predicted octanol–water partition coefficient (Wildman–Crippen LogP) is 5.45. The van der Waals surface area contributed by atoms with E-state index in [1.807, 2.05) is 24.6 Å². The maximum atomic E-state index is 12.2. The highest BCUT2D eigenvalue weighted by atomic mass is 35.5. The largest absolute Gasteiger partial charge is 0.483 e. The quantitative estimate of drug-likeness (QED) is 0.457. The Bertz CT molecular complexity index is 991. The van der Waals surface area contributed by atoms with Crippen molar-refractivity contribution < 1.29 is 13.9 Å². The Labute approximate surface area is 183 Å². The van der Waals surface area contributed by atoms with Gasteiger partial charge in [-0.05, 0) is 50.6 Å². The first-order valence-electron chi connectivity index (χ1n) is 8.99. The normalized spacial score (nSPS) is 10.9. The van der Waals surface area contributed by atoms with Crippen LogP contribution in [0, 0.1) is 13.8 Å². The molecule has 0 atom stereocenters. The van der Waals surface area contributed by atoms with Crippen LogP contribution in [0.25, 0.3) is 0 Å². The lowest BCUT2D eigenvalue weighted by atomic mass is 10.3. The molecular weight excluding hydrogens is 437 g/mol. The molecule has 0 aliphatic rings. The maximum absolute atomic E-state index is 12.2. The molecule has 0 aliphatic heterocycles. The van der Waals surface area contributed by atoms with Crippen molar-refractivity contribution in [3.05, 3.63) is 68.3 Å². The zero-order valence-corrected chi connectivity index (χ0v) is 18.2. The van der Waals surface area contributed by atoms with E-state index in [9.17, 15) is 4.79 Å². The first-order chi connectivity index (χ1) is 13.8. The summed E-state index contributed by atoms with van der Waals surface area (Å²) in [6.45, 7) is 5.29. The van der Waals surface area contributed by atoms with Crippen LogP contribution < -0.4 is 10.1 Å². The molecule has 29 heavy (non-hydrogen) atoms. The zero-order valence-electron chi connectivity index (χ0n) is 16.0. The molecule has 0 saturated heterocycles. The molecule has 1 N–H and O–H groups in total. The summed E-state index contributed by atoms with van der Waals surface area (Å²) in [7, 11) is 0. The lowest BCUT2D eigenvalue weighted by molar-refractivity contribution is 0.0920. The number of carbonyl (C=O) groups is 1. The summed E-state index contributed by atoms with van der Waals surface area (Å²) in [4.78, 5) is 12.2. The number of halogens is 3. The molecule has 2 heterocycles. The molecule has 0 unspecified atom stereocenters. The van der Waals surface area contributed by atoms with Crippen LogP contribution in [0.4, 0.5) is 0 Å². The van der Waals surface area contributed by atoms with E-state index in [0.717, 1.165) is 24.4 Å². The molecule has 6 nitrogen and oxygen atoms in total. The average molecular weight is 457 g/mol. The van der Waals surface area contributed by atoms with Crippen molar-refractivity contribution in [3.8, 4) is 5.75 Å². The van der Waals surface area contributed by atoms with Crippen molar-refractivity contribution in [3.63, 3.8) is 0 Å². The molecule has 3 rings (SSSR count). The number of benzene rings is 1.